The van der Waals surface area contributed by atoms with Crippen LogP contribution in [0, 0.1) is 5.92 Å². The van der Waals surface area contributed by atoms with Crippen LogP contribution in [0.2, 0.25) is 0 Å². The summed E-state index contributed by atoms with van der Waals surface area (Å²) in [5, 5.41) is 20.2. The van der Waals surface area contributed by atoms with Crippen LogP contribution in [0.3, 0.4) is 0 Å². The van der Waals surface area contributed by atoms with E-state index in [-0.39, 0.29) is 0 Å². The molecule has 2 aliphatic rings. The number of aryl methyl sites for hydroxylation is 1. The summed E-state index contributed by atoms with van der Waals surface area (Å²) in [6.07, 6.45) is 3.81. The third-order valence-electron chi connectivity index (χ3n) is 4.69. The van der Waals surface area contributed by atoms with Crippen LogP contribution in [0.15, 0.2) is 18.2 Å². The first-order chi connectivity index (χ1) is 9.58. The fourth-order valence-corrected chi connectivity index (χ4v) is 3.68. The molecule has 1 aliphatic heterocycles. The number of phenols is 1. The van der Waals surface area contributed by atoms with Crippen molar-refractivity contribution in [2.75, 3.05) is 19.6 Å². The predicted octanol–water partition coefficient (Wildman–Crippen LogP) is 1.24. The summed E-state index contributed by atoms with van der Waals surface area (Å²) in [4.78, 5) is 2.32. The molecule has 0 bridgehead atoms. The molecule has 1 aromatic carbocycles. The number of phenolic OH excluding ortho intramolecular Hbond substituents is 1. The molecule has 1 aliphatic carbocycles. The van der Waals surface area contributed by atoms with E-state index < -0.39 is 5.60 Å². The fourth-order valence-electron chi connectivity index (χ4n) is 3.68. The summed E-state index contributed by atoms with van der Waals surface area (Å²) in [6, 6.07) is 5.65. The Balaban J connectivity index is 1.67. The number of hydrogen-bond donors (Lipinski definition) is 3. The van der Waals surface area contributed by atoms with E-state index in [1.54, 1.807) is 6.07 Å². The molecule has 0 atom stereocenters. The van der Waals surface area contributed by atoms with Gasteiger partial charge in [-0.05, 0) is 68.0 Å². The van der Waals surface area contributed by atoms with Gasteiger partial charge in [0.25, 0.3) is 0 Å². The molecule has 1 fully saturated rings. The molecular weight excluding hydrogens is 252 g/mol. The number of rotatable bonds is 3. The maximum Gasteiger partial charge on any atom is 0.115 e. The minimum Gasteiger partial charge on any atom is -0.508 e. The summed E-state index contributed by atoms with van der Waals surface area (Å²) in [6.45, 7) is 3.22. The molecule has 0 aromatic heterocycles. The quantitative estimate of drug-likeness (QED) is 0.777. The van der Waals surface area contributed by atoms with E-state index in [0.29, 0.717) is 18.2 Å². The molecule has 4 N–H and O–H groups in total. The standard InChI is InChI=1S/C16H24N2O2/c17-9-12-7-16(20,8-12)11-18-5-1-2-13-3-4-15(19)6-14(13)10-18/h3-4,6,12,19-20H,1-2,5,7-11,17H2. The average molecular weight is 276 g/mol. The van der Waals surface area contributed by atoms with Gasteiger partial charge in [-0.15, -0.1) is 0 Å². The molecule has 1 aromatic rings. The normalized spacial score (nSPS) is 30.4. The summed E-state index contributed by atoms with van der Waals surface area (Å²) < 4.78 is 0. The number of aliphatic hydroxyl groups is 1. The van der Waals surface area contributed by atoms with Gasteiger partial charge >= 0.3 is 0 Å². The van der Waals surface area contributed by atoms with Gasteiger partial charge in [0, 0.05) is 13.1 Å². The Morgan fingerprint density at radius 2 is 2.10 bits per heavy atom. The number of β-amino-alcohol motifs (C(OH)–C–C–N with tert-alkyl or cyclic N) is 1. The SMILES string of the molecule is NCC1CC(O)(CN2CCCc3ccc(O)cc3C2)C1. The van der Waals surface area contributed by atoms with Crippen molar-refractivity contribution in [1.29, 1.82) is 0 Å². The minimum atomic E-state index is -0.550. The average Bonchev–Trinajstić information content (AvgIpc) is 2.56. The Hall–Kier alpha value is -1.10. The lowest BCUT2D eigenvalue weighted by atomic mass is 9.70. The first-order valence-corrected chi connectivity index (χ1v) is 7.53. The van der Waals surface area contributed by atoms with Gasteiger partial charge in [0.2, 0.25) is 0 Å². The van der Waals surface area contributed by atoms with E-state index in [2.05, 4.69) is 4.90 Å². The molecule has 110 valence electrons. The third kappa shape index (κ3) is 2.82. The summed E-state index contributed by atoms with van der Waals surface area (Å²) in [5.74, 6) is 0.819. The molecule has 4 nitrogen and oxygen atoms in total. The summed E-state index contributed by atoms with van der Waals surface area (Å²) in [7, 11) is 0. The molecular formula is C16H24N2O2. The zero-order valence-corrected chi connectivity index (χ0v) is 11.9. The zero-order valence-electron chi connectivity index (χ0n) is 11.9. The Kier molecular flexibility index (Phi) is 3.71. The van der Waals surface area contributed by atoms with Crippen molar-refractivity contribution in [3.63, 3.8) is 0 Å². The van der Waals surface area contributed by atoms with Crippen LogP contribution in [-0.2, 0) is 13.0 Å². The lowest BCUT2D eigenvalue weighted by Crippen LogP contribution is -2.53. The predicted molar refractivity (Wildman–Crippen MR) is 78.4 cm³/mol. The van der Waals surface area contributed by atoms with Crippen LogP contribution in [-0.4, -0.2) is 40.3 Å². The van der Waals surface area contributed by atoms with E-state index >= 15 is 0 Å². The number of aromatic hydroxyl groups is 1. The second kappa shape index (κ2) is 5.35. The van der Waals surface area contributed by atoms with Crippen LogP contribution >= 0.6 is 0 Å². The monoisotopic (exact) mass is 276 g/mol. The first kappa shape index (κ1) is 13.9. The minimum absolute atomic E-state index is 0.330. The molecule has 1 saturated carbocycles. The Labute approximate surface area is 120 Å². The van der Waals surface area contributed by atoms with Crippen molar-refractivity contribution in [2.45, 2.75) is 37.8 Å². The van der Waals surface area contributed by atoms with Crippen molar-refractivity contribution in [1.82, 2.24) is 4.90 Å². The van der Waals surface area contributed by atoms with Crippen molar-refractivity contribution in [3.8, 4) is 5.75 Å². The molecule has 0 spiro atoms. The molecule has 3 rings (SSSR count). The highest BCUT2D eigenvalue weighted by Gasteiger charge is 2.42. The van der Waals surface area contributed by atoms with Gasteiger partial charge in [-0.3, -0.25) is 4.90 Å². The van der Waals surface area contributed by atoms with E-state index in [1.807, 2.05) is 12.1 Å². The molecule has 4 heteroatoms. The van der Waals surface area contributed by atoms with E-state index in [1.165, 1.54) is 11.1 Å². The third-order valence-corrected chi connectivity index (χ3v) is 4.69. The summed E-state index contributed by atoms with van der Waals surface area (Å²) in [5.41, 5.74) is 7.61. The van der Waals surface area contributed by atoms with E-state index in [4.69, 9.17) is 5.73 Å². The van der Waals surface area contributed by atoms with Crippen molar-refractivity contribution in [3.05, 3.63) is 29.3 Å². The van der Waals surface area contributed by atoms with Crippen molar-refractivity contribution < 1.29 is 10.2 Å². The summed E-state index contributed by atoms with van der Waals surface area (Å²) >= 11 is 0. The Morgan fingerprint density at radius 3 is 2.85 bits per heavy atom. The van der Waals surface area contributed by atoms with Crippen LogP contribution in [0.5, 0.6) is 5.75 Å². The van der Waals surface area contributed by atoms with Crippen LogP contribution in [0.25, 0.3) is 0 Å². The van der Waals surface area contributed by atoms with Crippen molar-refractivity contribution >= 4 is 0 Å². The largest absolute Gasteiger partial charge is 0.508 e. The number of benzene rings is 1. The van der Waals surface area contributed by atoms with Crippen LogP contribution < -0.4 is 5.73 Å². The smallest absolute Gasteiger partial charge is 0.115 e. The van der Waals surface area contributed by atoms with Gasteiger partial charge in [0.05, 0.1) is 5.60 Å². The van der Waals surface area contributed by atoms with Gasteiger partial charge < -0.3 is 15.9 Å². The Bertz CT molecular complexity index is 483. The lowest BCUT2D eigenvalue weighted by Gasteiger charge is -2.45. The van der Waals surface area contributed by atoms with Gasteiger partial charge in [-0.1, -0.05) is 6.07 Å². The van der Waals surface area contributed by atoms with Gasteiger partial charge in [0.1, 0.15) is 5.75 Å². The van der Waals surface area contributed by atoms with Gasteiger partial charge in [-0.2, -0.15) is 0 Å². The highest BCUT2D eigenvalue weighted by Crippen LogP contribution is 2.38. The highest BCUT2D eigenvalue weighted by molar-refractivity contribution is 5.35. The highest BCUT2D eigenvalue weighted by atomic mass is 16.3. The van der Waals surface area contributed by atoms with Crippen LogP contribution in [0.4, 0.5) is 0 Å². The van der Waals surface area contributed by atoms with Gasteiger partial charge in [-0.25, -0.2) is 0 Å². The first-order valence-electron chi connectivity index (χ1n) is 7.53. The van der Waals surface area contributed by atoms with E-state index in [0.717, 1.165) is 45.3 Å². The molecule has 0 amide bonds. The topological polar surface area (TPSA) is 69.7 Å². The van der Waals surface area contributed by atoms with E-state index in [9.17, 15) is 10.2 Å². The maximum absolute atomic E-state index is 10.5. The lowest BCUT2D eigenvalue weighted by molar-refractivity contribution is -0.0917. The maximum atomic E-state index is 10.5. The number of fused-ring (bicyclic) bond motifs is 1. The molecule has 0 unspecified atom stereocenters. The van der Waals surface area contributed by atoms with Gasteiger partial charge in [0.15, 0.2) is 0 Å². The van der Waals surface area contributed by atoms with Crippen LogP contribution in [0.1, 0.15) is 30.4 Å². The molecule has 1 heterocycles. The number of nitrogens with zero attached hydrogens (tertiary/aromatic N) is 1. The van der Waals surface area contributed by atoms with Crippen molar-refractivity contribution in [2.24, 2.45) is 11.7 Å². The zero-order chi connectivity index (χ0) is 14.2. The second-order valence-corrected chi connectivity index (χ2v) is 6.50. The fraction of sp³-hybridized carbons (Fsp3) is 0.625. The molecule has 0 saturated heterocycles. The second-order valence-electron chi connectivity index (χ2n) is 6.50. The molecule has 20 heavy (non-hydrogen) atoms. The Morgan fingerprint density at radius 1 is 1.30 bits per heavy atom. The number of hydrogen-bond acceptors (Lipinski definition) is 4. The number of nitrogens with two attached hydrogens (primary N) is 1. The molecule has 0 radical (unpaired) electrons.